The van der Waals surface area contributed by atoms with Gasteiger partial charge in [-0.2, -0.15) is 0 Å². The summed E-state index contributed by atoms with van der Waals surface area (Å²) in [6.45, 7) is 3.71. The number of non-ortho nitro benzene ring substituents is 2. The van der Waals surface area contributed by atoms with Gasteiger partial charge in [0.05, 0.1) is 15.9 Å². The van der Waals surface area contributed by atoms with Crippen LogP contribution in [0.15, 0.2) is 61.2 Å². The molecule has 23 heavy (non-hydrogen) atoms. The predicted molar refractivity (Wildman–Crippen MR) is 87.4 cm³/mol. The molecule has 0 radical (unpaired) electrons. The summed E-state index contributed by atoms with van der Waals surface area (Å²) in [6, 6.07) is 12.2. The largest absolute Gasteiger partial charge is 0.378 e. The number of nitro benzene ring substituents is 2. The van der Waals surface area contributed by atoms with Gasteiger partial charge >= 0.3 is 0 Å². The monoisotopic (exact) mass is 313 g/mol. The van der Waals surface area contributed by atoms with Crippen molar-refractivity contribution >= 4 is 17.1 Å². The van der Waals surface area contributed by atoms with Crippen LogP contribution in [0.3, 0.4) is 0 Å². The zero-order valence-corrected chi connectivity index (χ0v) is 12.2. The second-order valence-electron chi connectivity index (χ2n) is 4.87. The van der Waals surface area contributed by atoms with Gasteiger partial charge in [-0.15, -0.1) is 6.58 Å². The Kier molecular flexibility index (Phi) is 5.03. The van der Waals surface area contributed by atoms with Crippen LogP contribution in [0.25, 0.3) is 0 Å². The van der Waals surface area contributed by atoms with Crippen molar-refractivity contribution < 1.29 is 9.85 Å². The van der Waals surface area contributed by atoms with Crippen LogP contribution >= 0.6 is 0 Å². The molecule has 0 spiro atoms. The van der Waals surface area contributed by atoms with Crippen LogP contribution in [-0.4, -0.2) is 9.85 Å². The Morgan fingerprint density at radius 2 is 1.43 bits per heavy atom. The molecule has 1 atom stereocenters. The maximum absolute atomic E-state index is 10.7. The number of nitrogens with zero attached hydrogens (tertiary/aromatic N) is 2. The Labute approximate surface area is 132 Å². The minimum atomic E-state index is -0.457. The maximum Gasteiger partial charge on any atom is 0.269 e. The number of anilines is 1. The topological polar surface area (TPSA) is 98.3 Å². The molecular formula is C16H15N3O4. The lowest BCUT2D eigenvalue weighted by Crippen LogP contribution is -2.10. The minimum absolute atomic E-state index is 0.0196. The fraction of sp³-hybridized carbons (Fsp3) is 0.125. The molecule has 0 bridgehead atoms. The highest BCUT2D eigenvalue weighted by Gasteiger charge is 2.13. The molecular weight excluding hydrogens is 298 g/mol. The second-order valence-corrected chi connectivity index (χ2v) is 4.87. The highest BCUT2D eigenvalue weighted by Crippen LogP contribution is 2.26. The van der Waals surface area contributed by atoms with Gasteiger partial charge in [0, 0.05) is 30.0 Å². The van der Waals surface area contributed by atoms with Crippen molar-refractivity contribution in [2.24, 2.45) is 0 Å². The molecule has 7 nitrogen and oxygen atoms in total. The van der Waals surface area contributed by atoms with Gasteiger partial charge in [-0.3, -0.25) is 20.2 Å². The van der Waals surface area contributed by atoms with Gasteiger partial charge in [-0.25, -0.2) is 0 Å². The summed E-state index contributed by atoms with van der Waals surface area (Å²) >= 11 is 0. The third-order valence-corrected chi connectivity index (χ3v) is 3.33. The molecule has 7 heteroatoms. The SMILES string of the molecule is C=CCC(Nc1ccc([N+](=O)[O-])cc1)c1ccc([N+](=O)[O-])cc1. The Hall–Kier alpha value is -3.22. The summed E-state index contributed by atoms with van der Waals surface area (Å²) in [7, 11) is 0. The van der Waals surface area contributed by atoms with E-state index in [1.807, 2.05) is 0 Å². The third kappa shape index (κ3) is 4.13. The van der Waals surface area contributed by atoms with Crippen molar-refractivity contribution in [1.29, 1.82) is 0 Å². The van der Waals surface area contributed by atoms with Crippen LogP contribution in [0.1, 0.15) is 18.0 Å². The summed E-state index contributed by atoms with van der Waals surface area (Å²) in [5.74, 6) is 0. The van der Waals surface area contributed by atoms with Crippen LogP contribution in [0.2, 0.25) is 0 Å². The van der Waals surface area contributed by atoms with E-state index < -0.39 is 9.85 Å². The highest BCUT2D eigenvalue weighted by molar-refractivity contribution is 5.50. The molecule has 2 rings (SSSR count). The highest BCUT2D eigenvalue weighted by atomic mass is 16.6. The summed E-state index contributed by atoms with van der Waals surface area (Å²) in [5, 5.41) is 24.6. The van der Waals surface area contributed by atoms with Gasteiger partial charge in [0.1, 0.15) is 0 Å². The normalized spacial score (nSPS) is 11.5. The number of nitro groups is 2. The number of hydrogen-bond acceptors (Lipinski definition) is 5. The molecule has 0 amide bonds. The van der Waals surface area contributed by atoms with Crippen molar-refractivity contribution in [3.63, 3.8) is 0 Å². The lowest BCUT2D eigenvalue weighted by molar-refractivity contribution is -0.385. The molecule has 0 heterocycles. The number of hydrogen-bond donors (Lipinski definition) is 1. The van der Waals surface area contributed by atoms with E-state index in [0.717, 1.165) is 11.3 Å². The van der Waals surface area contributed by atoms with E-state index in [1.165, 1.54) is 24.3 Å². The van der Waals surface area contributed by atoms with E-state index >= 15 is 0 Å². The first-order chi connectivity index (χ1) is 11.0. The van der Waals surface area contributed by atoms with Crippen LogP contribution in [0.4, 0.5) is 17.1 Å². The first kappa shape index (κ1) is 16.2. The fourth-order valence-corrected chi connectivity index (χ4v) is 2.15. The van der Waals surface area contributed by atoms with Gasteiger partial charge in [0.2, 0.25) is 0 Å². The predicted octanol–water partition coefficient (Wildman–Crippen LogP) is 4.23. The van der Waals surface area contributed by atoms with Crippen molar-refractivity contribution in [1.82, 2.24) is 0 Å². The van der Waals surface area contributed by atoms with Crippen molar-refractivity contribution in [3.8, 4) is 0 Å². The lowest BCUT2D eigenvalue weighted by Gasteiger charge is -2.19. The first-order valence-corrected chi connectivity index (χ1v) is 6.87. The number of rotatable bonds is 7. The molecule has 2 aromatic carbocycles. The molecule has 0 saturated carbocycles. The summed E-state index contributed by atoms with van der Waals surface area (Å²) in [4.78, 5) is 20.5. The minimum Gasteiger partial charge on any atom is -0.378 e. The molecule has 0 aromatic heterocycles. The molecule has 0 saturated heterocycles. The molecule has 0 aliphatic carbocycles. The van der Waals surface area contributed by atoms with E-state index in [-0.39, 0.29) is 17.4 Å². The van der Waals surface area contributed by atoms with Crippen molar-refractivity contribution in [2.75, 3.05) is 5.32 Å². The average Bonchev–Trinajstić information content (AvgIpc) is 2.55. The fourth-order valence-electron chi connectivity index (χ4n) is 2.15. The van der Waals surface area contributed by atoms with Crippen molar-refractivity contribution in [3.05, 3.63) is 87.0 Å². The molecule has 0 fully saturated rings. The molecule has 1 N–H and O–H groups in total. The third-order valence-electron chi connectivity index (χ3n) is 3.33. The second kappa shape index (κ2) is 7.17. The first-order valence-electron chi connectivity index (χ1n) is 6.87. The van der Waals surface area contributed by atoms with Crippen LogP contribution in [0, 0.1) is 20.2 Å². The van der Waals surface area contributed by atoms with Gasteiger partial charge in [-0.05, 0) is 24.1 Å². The van der Waals surface area contributed by atoms with Crippen LogP contribution in [-0.2, 0) is 0 Å². The maximum atomic E-state index is 10.7. The van der Waals surface area contributed by atoms with Gasteiger partial charge in [0.25, 0.3) is 11.4 Å². The van der Waals surface area contributed by atoms with Crippen molar-refractivity contribution in [2.45, 2.75) is 12.5 Å². The summed E-state index contributed by atoms with van der Waals surface area (Å²) in [5.41, 5.74) is 1.64. The number of benzene rings is 2. The summed E-state index contributed by atoms with van der Waals surface area (Å²) < 4.78 is 0. The zero-order chi connectivity index (χ0) is 16.8. The zero-order valence-electron chi connectivity index (χ0n) is 12.2. The smallest absolute Gasteiger partial charge is 0.269 e. The standard InChI is InChI=1S/C16H15N3O4/c1-2-3-16(12-4-8-14(9-5-12)18(20)21)17-13-6-10-15(11-7-13)19(22)23/h2,4-11,16-17H,1,3H2. The van der Waals surface area contributed by atoms with Gasteiger partial charge in [0.15, 0.2) is 0 Å². The average molecular weight is 313 g/mol. The molecule has 2 aromatic rings. The Bertz CT molecular complexity index is 711. The number of nitrogens with one attached hydrogen (secondary N) is 1. The summed E-state index contributed by atoms with van der Waals surface area (Å²) in [6.07, 6.45) is 2.35. The van der Waals surface area contributed by atoms with Crippen LogP contribution < -0.4 is 5.32 Å². The Morgan fingerprint density at radius 3 is 1.87 bits per heavy atom. The van der Waals surface area contributed by atoms with Gasteiger partial charge < -0.3 is 5.32 Å². The van der Waals surface area contributed by atoms with Gasteiger partial charge in [-0.1, -0.05) is 18.2 Å². The Morgan fingerprint density at radius 1 is 0.957 bits per heavy atom. The quantitative estimate of drug-likeness (QED) is 0.468. The Balaban J connectivity index is 2.19. The van der Waals surface area contributed by atoms with Crippen LogP contribution in [0.5, 0.6) is 0 Å². The van der Waals surface area contributed by atoms with E-state index in [2.05, 4.69) is 11.9 Å². The van der Waals surface area contributed by atoms with E-state index in [9.17, 15) is 20.2 Å². The molecule has 1 unspecified atom stereocenters. The van der Waals surface area contributed by atoms with E-state index in [1.54, 1.807) is 30.3 Å². The molecule has 0 aliphatic heterocycles. The lowest BCUT2D eigenvalue weighted by atomic mass is 10.0. The van der Waals surface area contributed by atoms with E-state index in [4.69, 9.17) is 0 Å². The molecule has 118 valence electrons. The molecule has 0 aliphatic rings. The van der Waals surface area contributed by atoms with E-state index in [0.29, 0.717) is 6.42 Å².